The Balaban J connectivity index is 1.42. The fourth-order valence-corrected chi connectivity index (χ4v) is 3.57. The number of hydrogen-bond acceptors (Lipinski definition) is 4. The molecule has 7 heteroatoms. The summed E-state index contributed by atoms with van der Waals surface area (Å²) in [6.45, 7) is 7.04. The van der Waals surface area contributed by atoms with Crippen molar-refractivity contribution in [3.05, 3.63) is 66.0 Å². The summed E-state index contributed by atoms with van der Waals surface area (Å²) >= 11 is 0. The smallest absolute Gasteiger partial charge is 0.238 e. The average Bonchev–Trinajstić information content (AvgIpc) is 2.76. The van der Waals surface area contributed by atoms with E-state index >= 15 is 0 Å². The van der Waals surface area contributed by atoms with E-state index < -0.39 is 0 Å². The van der Waals surface area contributed by atoms with Gasteiger partial charge in [0.25, 0.3) is 0 Å². The summed E-state index contributed by atoms with van der Waals surface area (Å²) in [5, 5.41) is 5.86. The third kappa shape index (κ3) is 6.11. The van der Waals surface area contributed by atoms with Crippen LogP contribution in [0.2, 0.25) is 0 Å². The molecule has 0 spiro atoms. The van der Waals surface area contributed by atoms with Gasteiger partial charge in [0.2, 0.25) is 11.8 Å². The molecule has 0 radical (unpaired) electrons. The summed E-state index contributed by atoms with van der Waals surface area (Å²) in [7, 11) is 0. The van der Waals surface area contributed by atoms with E-state index in [0.29, 0.717) is 18.8 Å². The lowest BCUT2D eigenvalue weighted by atomic mass is 10.1. The number of amides is 2. The Bertz CT molecular complexity index is 836. The second-order valence-electron chi connectivity index (χ2n) is 7.68. The number of anilines is 1. The highest BCUT2D eigenvalue weighted by molar-refractivity contribution is 5.92. The van der Waals surface area contributed by atoms with Crippen LogP contribution >= 0.6 is 0 Å². The Morgan fingerprint density at radius 2 is 1.60 bits per heavy atom. The zero-order chi connectivity index (χ0) is 21.5. The van der Waals surface area contributed by atoms with Crippen molar-refractivity contribution in [3.8, 4) is 0 Å². The van der Waals surface area contributed by atoms with Crippen LogP contribution in [0.4, 0.5) is 10.1 Å². The molecule has 1 heterocycles. The van der Waals surface area contributed by atoms with Crippen LogP contribution in [0.25, 0.3) is 0 Å². The van der Waals surface area contributed by atoms with E-state index in [9.17, 15) is 14.0 Å². The minimum absolute atomic E-state index is 0.00820. The predicted octanol–water partition coefficient (Wildman–Crippen LogP) is 2.65. The fourth-order valence-electron chi connectivity index (χ4n) is 3.57. The van der Waals surface area contributed by atoms with Crippen LogP contribution in [-0.4, -0.2) is 60.4 Å². The number of nitrogens with zero attached hydrogens (tertiary/aromatic N) is 2. The average molecular weight is 413 g/mol. The lowest BCUT2D eigenvalue weighted by molar-refractivity contribution is -0.127. The van der Waals surface area contributed by atoms with Crippen LogP contribution in [0.5, 0.6) is 0 Å². The SMILES string of the molecule is C[C@H](NC(=O)[C@H](C)N1CCN(CC(=O)Nc2ccc(F)cc2)CC1)c1ccccc1. The van der Waals surface area contributed by atoms with Gasteiger partial charge in [0.15, 0.2) is 0 Å². The van der Waals surface area contributed by atoms with Gasteiger partial charge in [-0.25, -0.2) is 4.39 Å². The molecular weight excluding hydrogens is 383 g/mol. The first-order valence-corrected chi connectivity index (χ1v) is 10.3. The lowest BCUT2D eigenvalue weighted by Gasteiger charge is -2.37. The maximum absolute atomic E-state index is 13.0. The number of benzene rings is 2. The van der Waals surface area contributed by atoms with E-state index in [0.717, 1.165) is 18.7 Å². The van der Waals surface area contributed by atoms with E-state index in [-0.39, 0.29) is 36.3 Å². The molecule has 30 heavy (non-hydrogen) atoms. The molecule has 0 bridgehead atoms. The van der Waals surface area contributed by atoms with Crippen LogP contribution in [-0.2, 0) is 9.59 Å². The molecule has 160 valence electrons. The summed E-state index contributed by atoms with van der Waals surface area (Å²) in [4.78, 5) is 29.1. The minimum Gasteiger partial charge on any atom is -0.348 e. The number of carbonyl (C=O) groups excluding carboxylic acids is 2. The monoisotopic (exact) mass is 412 g/mol. The van der Waals surface area contributed by atoms with Gasteiger partial charge in [-0.3, -0.25) is 19.4 Å². The maximum atomic E-state index is 13.0. The first-order chi connectivity index (χ1) is 14.4. The third-order valence-electron chi connectivity index (χ3n) is 5.49. The van der Waals surface area contributed by atoms with E-state index in [2.05, 4.69) is 20.4 Å². The van der Waals surface area contributed by atoms with Crippen molar-refractivity contribution in [2.24, 2.45) is 0 Å². The van der Waals surface area contributed by atoms with Gasteiger partial charge in [0.05, 0.1) is 18.6 Å². The molecule has 3 rings (SSSR count). The molecule has 2 amide bonds. The molecule has 0 saturated carbocycles. The van der Waals surface area contributed by atoms with E-state index in [4.69, 9.17) is 0 Å². The van der Waals surface area contributed by atoms with Crippen molar-refractivity contribution >= 4 is 17.5 Å². The molecule has 1 fully saturated rings. The van der Waals surface area contributed by atoms with Crippen LogP contribution in [0.1, 0.15) is 25.5 Å². The van der Waals surface area contributed by atoms with Gasteiger partial charge in [0, 0.05) is 31.9 Å². The molecule has 2 aromatic rings. The predicted molar refractivity (Wildman–Crippen MR) is 116 cm³/mol. The minimum atomic E-state index is -0.333. The Morgan fingerprint density at radius 3 is 2.23 bits per heavy atom. The largest absolute Gasteiger partial charge is 0.348 e. The van der Waals surface area contributed by atoms with Crippen LogP contribution < -0.4 is 10.6 Å². The highest BCUT2D eigenvalue weighted by Crippen LogP contribution is 2.13. The molecule has 1 aliphatic rings. The first-order valence-electron chi connectivity index (χ1n) is 10.3. The van der Waals surface area contributed by atoms with Gasteiger partial charge < -0.3 is 10.6 Å². The molecule has 1 aliphatic heterocycles. The summed E-state index contributed by atoms with van der Waals surface area (Å²) in [6.07, 6.45) is 0. The van der Waals surface area contributed by atoms with Crippen molar-refractivity contribution in [1.29, 1.82) is 0 Å². The van der Waals surface area contributed by atoms with Gasteiger partial charge in [-0.15, -0.1) is 0 Å². The third-order valence-corrected chi connectivity index (χ3v) is 5.49. The summed E-state index contributed by atoms with van der Waals surface area (Å²) < 4.78 is 13.0. The molecule has 2 aromatic carbocycles. The molecule has 0 unspecified atom stereocenters. The van der Waals surface area contributed by atoms with Crippen LogP contribution in [0.3, 0.4) is 0 Å². The van der Waals surface area contributed by atoms with Crippen LogP contribution in [0.15, 0.2) is 54.6 Å². The van der Waals surface area contributed by atoms with Crippen LogP contribution in [0, 0.1) is 5.82 Å². The molecule has 2 N–H and O–H groups in total. The Morgan fingerprint density at radius 1 is 0.967 bits per heavy atom. The highest BCUT2D eigenvalue weighted by Gasteiger charge is 2.27. The topological polar surface area (TPSA) is 64.7 Å². The van der Waals surface area contributed by atoms with Crippen molar-refractivity contribution in [3.63, 3.8) is 0 Å². The Labute approximate surface area is 177 Å². The molecule has 0 aliphatic carbocycles. The fraction of sp³-hybridized carbons (Fsp3) is 0.391. The second kappa shape index (κ2) is 10.3. The van der Waals surface area contributed by atoms with Gasteiger partial charge in [-0.05, 0) is 43.7 Å². The van der Waals surface area contributed by atoms with E-state index in [1.165, 1.54) is 12.1 Å². The van der Waals surface area contributed by atoms with Crippen molar-refractivity contribution in [2.45, 2.75) is 25.9 Å². The number of hydrogen-bond donors (Lipinski definition) is 2. The standard InChI is InChI=1S/C23H29FN4O2/c1-17(19-6-4-3-5-7-19)25-23(30)18(2)28-14-12-27(13-15-28)16-22(29)26-21-10-8-20(24)9-11-21/h3-11,17-18H,12-16H2,1-2H3,(H,25,30)(H,26,29)/t17-,18-/m0/s1. The number of rotatable bonds is 7. The molecule has 2 atom stereocenters. The number of carbonyl (C=O) groups is 2. The summed E-state index contributed by atoms with van der Waals surface area (Å²) in [5.74, 6) is -0.452. The molecule has 0 aromatic heterocycles. The van der Waals surface area contributed by atoms with Gasteiger partial charge in [0.1, 0.15) is 5.82 Å². The first kappa shape index (κ1) is 21.9. The van der Waals surface area contributed by atoms with Gasteiger partial charge in [-0.1, -0.05) is 30.3 Å². The van der Waals surface area contributed by atoms with Gasteiger partial charge in [-0.2, -0.15) is 0 Å². The highest BCUT2D eigenvalue weighted by atomic mass is 19.1. The summed E-state index contributed by atoms with van der Waals surface area (Å²) in [6, 6.07) is 15.4. The van der Waals surface area contributed by atoms with Crippen molar-refractivity contribution in [1.82, 2.24) is 15.1 Å². The number of halogens is 1. The normalized spacial score (nSPS) is 17.2. The molecule has 1 saturated heterocycles. The quantitative estimate of drug-likeness (QED) is 0.734. The Hall–Kier alpha value is -2.77. The van der Waals surface area contributed by atoms with Crippen molar-refractivity contribution in [2.75, 3.05) is 38.0 Å². The molecule has 6 nitrogen and oxygen atoms in total. The second-order valence-corrected chi connectivity index (χ2v) is 7.68. The Kier molecular flexibility index (Phi) is 7.54. The van der Waals surface area contributed by atoms with E-state index in [1.807, 2.05) is 44.2 Å². The zero-order valence-corrected chi connectivity index (χ0v) is 17.5. The summed E-state index contributed by atoms with van der Waals surface area (Å²) in [5.41, 5.74) is 1.66. The molecular formula is C23H29FN4O2. The maximum Gasteiger partial charge on any atom is 0.238 e. The lowest BCUT2D eigenvalue weighted by Crippen LogP contribution is -2.55. The number of piperazine rings is 1. The number of nitrogens with one attached hydrogen (secondary N) is 2. The van der Waals surface area contributed by atoms with E-state index in [1.54, 1.807) is 12.1 Å². The van der Waals surface area contributed by atoms with Gasteiger partial charge >= 0.3 is 0 Å². The van der Waals surface area contributed by atoms with Crippen molar-refractivity contribution < 1.29 is 14.0 Å². The zero-order valence-electron chi connectivity index (χ0n) is 17.5.